The molecule has 2 aliphatic heterocycles. The predicted molar refractivity (Wildman–Crippen MR) is 142 cm³/mol. The average molecular weight is 515 g/mol. The molecule has 2 heterocycles. The van der Waals surface area contributed by atoms with Crippen LogP contribution in [0.3, 0.4) is 0 Å². The molecule has 0 bridgehead atoms. The van der Waals surface area contributed by atoms with Crippen LogP contribution >= 0.6 is 0 Å². The second-order valence-electron chi connectivity index (χ2n) is 11.8. The third kappa shape index (κ3) is 6.14. The highest BCUT2D eigenvalue weighted by Crippen LogP contribution is 2.33. The number of carbonyl (C=O) groups is 4. The van der Waals surface area contributed by atoms with E-state index in [9.17, 15) is 19.2 Å². The van der Waals surface area contributed by atoms with Crippen LogP contribution in [-0.4, -0.2) is 91.8 Å². The number of methoxy groups -OCH3 is 1. The fraction of sp³-hybridized carbons (Fsp3) is 0.643. The summed E-state index contributed by atoms with van der Waals surface area (Å²) in [5, 5.41) is 2.91. The first-order chi connectivity index (χ1) is 17.3. The van der Waals surface area contributed by atoms with E-state index >= 15 is 0 Å². The molecular formula is C28H42N4O5. The molecule has 37 heavy (non-hydrogen) atoms. The van der Waals surface area contributed by atoms with Crippen LogP contribution in [0.1, 0.15) is 57.8 Å². The van der Waals surface area contributed by atoms with Crippen molar-refractivity contribution in [1.82, 2.24) is 15.1 Å². The molecule has 1 N–H and O–H groups in total. The maximum Gasteiger partial charge on any atom is 0.252 e. The summed E-state index contributed by atoms with van der Waals surface area (Å²) in [5.74, 6) is -0.834. The number of benzene rings is 1. The molecule has 0 radical (unpaired) electrons. The van der Waals surface area contributed by atoms with Gasteiger partial charge in [-0.1, -0.05) is 34.6 Å². The van der Waals surface area contributed by atoms with Gasteiger partial charge >= 0.3 is 0 Å². The van der Waals surface area contributed by atoms with Crippen molar-refractivity contribution in [3.63, 3.8) is 0 Å². The van der Waals surface area contributed by atoms with Gasteiger partial charge in [0.2, 0.25) is 5.91 Å². The molecule has 204 valence electrons. The highest BCUT2D eigenvalue weighted by Gasteiger charge is 2.53. The van der Waals surface area contributed by atoms with Crippen LogP contribution in [0.25, 0.3) is 0 Å². The molecule has 3 rings (SSSR count). The summed E-state index contributed by atoms with van der Waals surface area (Å²) in [6.45, 7) is 10.1. The second kappa shape index (κ2) is 11.2. The topological polar surface area (TPSA) is 99.3 Å². The largest absolute Gasteiger partial charge is 0.378 e. The monoisotopic (exact) mass is 514 g/mol. The molecule has 4 unspecified atom stereocenters. The SMILES string of the molecule is COC(C(=O)N1CC(=O)C2C1CCN2C(=O)C(CC(C)C)NC(=O)c1ccc(N(C)C)cc1)C(C)(C)C. The molecule has 2 saturated heterocycles. The van der Waals surface area contributed by atoms with Crippen LogP contribution in [0.5, 0.6) is 0 Å². The van der Waals surface area contributed by atoms with Crippen molar-refractivity contribution in [2.75, 3.05) is 39.2 Å². The molecule has 0 spiro atoms. The molecule has 4 atom stereocenters. The summed E-state index contributed by atoms with van der Waals surface area (Å²) in [4.78, 5) is 58.3. The Hall–Kier alpha value is -2.94. The van der Waals surface area contributed by atoms with Crippen LogP contribution in [0, 0.1) is 11.3 Å². The van der Waals surface area contributed by atoms with Gasteiger partial charge in [0.1, 0.15) is 18.2 Å². The number of nitrogens with one attached hydrogen (secondary N) is 1. The standard InChI is InChI=1S/C28H42N4O5/c1-17(2)15-20(29-25(34)18-9-11-19(12-10-18)30(6)7)26(35)31-14-13-21-23(31)22(33)16-32(21)27(36)24(37-8)28(3,4)5/h9-12,17,20-21,23-24H,13-16H2,1-8H3,(H,29,34). The summed E-state index contributed by atoms with van der Waals surface area (Å²) >= 11 is 0. The van der Waals surface area contributed by atoms with Gasteiger partial charge in [-0.05, 0) is 48.4 Å². The van der Waals surface area contributed by atoms with Crippen LogP contribution in [0.2, 0.25) is 0 Å². The van der Waals surface area contributed by atoms with Crippen molar-refractivity contribution in [3.8, 4) is 0 Å². The highest BCUT2D eigenvalue weighted by molar-refractivity contribution is 6.01. The first kappa shape index (κ1) is 28.6. The van der Waals surface area contributed by atoms with Gasteiger partial charge in [-0.3, -0.25) is 19.2 Å². The normalized spacial score (nSPS) is 21.2. The van der Waals surface area contributed by atoms with Crippen molar-refractivity contribution >= 4 is 29.2 Å². The van der Waals surface area contributed by atoms with Crippen molar-refractivity contribution < 1.29 is 23.9 Å². The van der Waals surface area contributed by atoms with Crippen molar-refractivity contribution in [2.24, 2.45) is 11.3 Å². The second-order valence-corrected chi connectivity index (χ2v) is 11.8. The quantitative estimate of drug-likeness (QED) is 0.572. The van der Waals surface area contributed by atoms with Crippen molar-refractivity contribution in [3.05, 3.63) is 29.8 Å². The van der Waals surface area contributed by atoms with E-state index in [1.807, 2.05) is 65.7 Å². The number of hydrogen-bond acceptors (Lipinski definition) is 6. The Bertz CT molecular complexity index is 1010. The molecule has 2 aliphatic rings. The van der Waals surface area contributed by atoms with E-state index in [1.165, 1.54) is 7.11 Å². The Morgan fingerprint density at radius 2 is 1.70 bits per heavy atom. The first-order valence-corrected chi connectivity index (χ1v) is 13.0. The van der Waals surface area contributed by atoms with E-state index in [0.29, 0.717) is 24.9 Å². The fourth-order valence-electron chi connectivity index (χ4n) is 5.38. The number of rotatable bonds is 8. The summed E-state index contributed by atoms with van der Waals surface area (Å²) < 4.78 is 5.50. The average Bonchev–Trinajstić information content (AvgIpc) is 3.38. The Kier molecular flexibility index (Phi) is 8.67. The molecule has 9 heteroatoms. The minimum atomic E-state index is -0.765. The minimum absolute atomic E-state index is 0.0344. The van der Waals surface area contributed by atoms with Gasteiger partial charge in [-0.2, -0.15) is 0 Å². The minimum Gasteiger partial charge on any atom is -0.378 e. The number of hydrogen-bond donors (Lipinski definition) is 1. The zero-order valence-corrected chi connectivity index (χ0v) is 23.4. The number of fused-ring (bicyclic) bond motifs is 1. The molecule has 1 aromatic rings. The maximum absolute atomic E-state index is 13.7. The van der Waals surface area contributed by atoms with Crippen LogP contribution in [0.15, 0.2) is 24.3 Å². The number of nitrogens with zero attached hydrogens (tertiary/aromatic N) is 3. The summed E-state index contributed by atoms with van der Waals surface area (Å²) in [7, 11) is 5.35. The molecule has 0 saturated carbocycles. The number of ketones is 1. The molecule has 9 nitrogen and oxygen atoms in total. The molecule has 3 amide bonds. The summed E-state index contributed by atoms with van der Waals surface area (Å²) in [6, 6.07) is 5.34. The fourth-order valence-corrected chi connectivity index (χ4v) is 5.38. The van der Waals surface area contributed by atoms with E-state index in [4.69, 9.17) is 4.74 Å². The lowest BCUT2D eigenvalue weighted by molar-refractivity contribution is -0.150. The summed E-state index contributed by atoms with van der Waals surface area (Å²) in [6.07, 6.45) is 0.277. The van der Waals surface area contributed by atoms with Gasteiger partial charge in [0.05, 0.1) is 12.6 Å². The zero-order valence-electron chi connectivity index (χ0n) is 23.4. The Balaban J connectivity index is 1.78. The Labute approximate surface area is 220 Å². The third-order valence-electron chi connectivity index (χ3n) is 7.19. The maximum atomic E-state index is 13.7. The number of amides is 3. The Morgan fingerprint density at radius 1 is 1.08 bits per heavy atom. The van der Waals surface area contributed by atoms with E-state index < -0.39 is 23.6 Å². The number of anilines is 1. The summed E-state index contributed by atoms with van der Waals surface area (Å²) in [5.41, 5.74) is 1.00. The van der Waals surface area contributed by atoms with Crippen LogP contribution in [0.4, 0.5) is 5.69 Å². The molecule has 0 aromatic heterocycles. The lowest BCUT2D eigenvalue weighted by Crippen LogP contribution is -2.53. The molecule has 2 fully saturated rings. The smallest absolute Gasteiger partial charge is 0.252 e. The predicted octanol–water partition coefficient (Wildman–Crippen LogP) is 2.34. The van der Waals surface area contributed by atoms with Crippen LogP contribution in [-0.2, 0) is 19.1 Å². The molecule has 1 aromatic carbocycles. The van der Waals surface area contributed by atoms with Gasteiger partial charge in [0, 0.05) is 39.0 Å². The number of Topliss-reactive ketones (excluding diaryl/α,β-unsaturated/α-hetero) is 1. The molecular weight excluding hydrogens is 472 g/mol. The van der Waals surface area contributed by atoms with Gasteiger partial charge in [0.15, 0.2) is 5.78 Å². The first-order valence-electron chi connectivity index (χ1n) is 13.0. The van der Waals surface area contributed by atoms with Crippen LogP contribution < -0.4 is 10.2 Å². The van der Waals surface area contributed by atoms with E-state index in [2.05, 4.69) is 5.32 Å². The number of ether oxygens (including phenoxy) is 1. The number of carbonyl (C=O) groups excluding carboxylic acids is 4. The zero-order chi connectivity index (χ0) is 27.7. The highest BCUT2D eigenvalue weighted by atomic mass is 16.5. The van der Waals surface area contributed by atoms with Gasteiger partial charge in [0.25, 0.3) is 11.8 Å². The van der Waals surface area contributed by atoms with Gasteiger partial charge < -0.3 is 24.8 Å². The molecule has 0 aliphatic carbocycles. The van der Waals surface area contributed by atoms with Crippen molar-refractivity contribution in [1.29, 1.82) is 0 Å². The van der Waals surface area contributed by atoms with E-state index in [0.717, 1.165) is 5.69 Å². The van der Waals surface area contributed by atoms with Crippen molar-refractivity contribution in [2.45, 2.75) is 71.7 Å². The number of likely N-dealkylation sites (tertiary alicyclic amines) is 2. The Morgan fingerprint density at radius 3 is 2.22 bits per heavy atom. The van der Waals surface area contributed by atoms with Gasteiger partial charge in [-0.15, -0.1) is 0 Å². The van der Waals surface area contributed by atoms with E-state index in [-0.39, 0.29) is 42.0 Å². The lowest BCUT2D eigenvalue weighted by Gasteiger charge is -2.33. The van der Waals surface area contributed by atoms with E-state index in [1.54, 1.807) is 21.9 Å². The lowest BCUT2D eigenvalue weighted by atomic mass is 9.88. The third-order valence-corrected chi connectivity index (χ3v) is 7.19. The van der Waals surface area contributed by atoms with Gasteiger partial charge in [-0.25, -0.2) is 0 Å².